The first-order chi connectivity index (χ1) is 10.2. The van der Waals surface area contributed by atoms with Crippen LogP contribution in [0.4, 0.5) is 0 Å². The molecular weight excluding hydrogens is 290 g/mol. The number of hydrogen-bond acceptors (Lipinski definition) is 6. The summed E-state index contributed by atoms with van der Waals surface area (Å²) < 4.78 is 10.7. The number of nitrogens with zero attached hydrogens (tertiary/aromatic N) is 1. The molecule has 108 valence electrons. The summed E-state index contributed by atoms with van der Waals surface area (Å²) in [5.41, 5.74) is 2.53. The molecule has 1 amide bonds. The van der Waals surface area contributed by atoms with Crippen LogP contribution in [0.5, 0.6) is 11.5 Å². The molecule has 3 N–H and O–H groups in total. The first-order valence-corrected chi connectivity index (χ1v) is 6.79. The van der Waals surface area contributed by atoms with Gasteiger partial charge < -0.3 is 9.47 Å². The Morgan fingerprint density at radius 3 is 2.81 bits per heavy atom. The number of nitrogen functional groups attached to an aromatic ring is 1. The number of ether oxygens (including phenoxy) is 2. The summed E-state index contributed by atoms with van der Waals surface area (Å²) >= 11 is 1.29. The van der Waals surface area contributed by atoms with Gasteiger partial charge in [-0.15, -0.1) is 11.3 Å². The summed E-state index contributed by atoms with van der Waals surface area (Å²) in [5.74, 6) is 5.83. The van der Waals surface area contributed by atoms with E-state index in [2.05, 4.69) is 5.43 Å². The fourth-order valence-electron chi connectivity index (χ4n) is 1.64. The highest BCUT2D eigenvalue weighted by atomic mass is 32.1. The Balaban J connectivity index is 2.08. The van der Waals surface area contributed by atoms with Gasteiger partial charge in [0.15, 0.2) is 0 Å². The largest absolute Gasteiger partial charge is 0.497 e. The maximum atomic E-state index is 11.3. The molecule has 0 radical (unpaired) electrons. The van der Waals surface area contributed by atoms with E-state index in [0.29, 0.717) is 28.5 Å². The van der Waals surface area contributed by atoms with Crippen molar-refractivity contribution in [2.24, 2.45) is 5.84 Å². The molecule has 0 aliphatic rings. The van der Waals surface area contributed by atoms with Gasteiger partial charge in [0.2, 0.25) is 0 Å². The number of carbonyl (C=O) groups excluding carboxylic acids is 1. The topological polar surface area (TPSA) is 97.4 Å². The van der Waals surface area contributed by atoms with Crippen LogP contribution in [0.1, 0.15) is 20.1 Å². The van der Waals surface area contributed by atoms with Crippen molar-refractivity contribution in [2.45, 2.75) is 6.61 Å². The molecule has 0 saturated heterocycles. The van der Waals surface area contributed by atoms with Crippen LogP contribution < -0.4 is 20.7 Å². The van der Waals surface area contributed by atoms with E-state index in [1.165, 1.54) is 18.4 Å². The Kier molecular flexibility index (Phi) is 4.77. The van der Waals surface area contributed by atoms with Crippen LogP contribution in [0.15, 0.2) is 30.3 Å². The summed E-state index contributed by atoms with van der Waals surface area (Å²) in [5, 5.41) is 8.94. The summed E-state index contributed by atoms with van der Waals surface area (Å²) in [7, 11) is 1.53. The fourth-order valence-corrected chi connectivity index (χ4v) is 2.46. The molecule has 1 heterocycles. The number of rotatable bonds is 5. The van der Waals surface area contributed by atoms with Gasteiger partial charge in [0.25, 0.3) is 5.91 Å². The lowest BCUT2D eigenvalue weighted by Crippen LogP contribution is -2.29. The first kappa shape index (κ1) is 14.8. The Morgan fingerprint density at radius 1 is 1.38 bits per heavy atom. The van der Waals surface area contributed by atoms with E-state index in [1.54, 1.807) is 30.3 Å². The van der Waals surface area contributed by atoms with Gasteiger partial charge in [-0.05, 0) is 24.3 Å². The van der Waals surface area contributed by atoms with Crippen molar-refractivity contribution < 1.29 is 14.3 Å². The highest BCUT2D eigenvalue weighted by Crippen LogP contribution is 2.24. The number of methoxy groups -OCH3 is 1. The van der Waals surface area contributed by atoms with E-state index in [0.717, 1.165) is 4.88 Å². The van der Waals surface area contributed by atoms with Crippen LogP contribution in [0.25, 0.3) is 0 Å². The van der Waals surface area contributed by atoms with Crippen LogP contribution in [0.3, 0.4) is 0 Å². The highest BCUT2D eigenvalue weighted by molar-refractivity contribution is 7.14. The maximum absolute atomic E-state index is 11.3. The highest BCUT2D eigenvalue weighted by Gasteiger charge is 2.08. The minimum absolute atomic E-state index is 0.292. The van der Waals surface area contributed by atoms with Gasteiger partial charge >= 0.3 is 0 Å². The van der Waals surface area contributed by atoms with Gasteiger partial charge in [0, 0.05) is 10.9 Å². The smallest absolute Gasteiger partial charge is 0.275 e. The molecule has 0 aliphatic carbocycles. The minimum Gasteiger partial charge on any atom is -0.497 e. The van der Waals surface area contributed by atoms with Crippen LogP contribution in [0, 0.1) is 11.3 Å². The molecule has 7 heteroatoms. The average molecular weight is 303 g/mol. The molecule has 1 aromatic heterocycles. The van der Waals surface area contributed by atoms with Crippen molar-refractivity contribution in [1.82, 2.24) is 5.43 Å². The number of amides is 1. The predicted octanol–water partition coefficient (Wildman–Crippen LogP) is 1.81. The summed E-state index contributed by atoms with van der Waals surface area (Å²) in [6.07, 6.45) is 0. The van der Waals surface area contributed by atoms with Crippen LogP contribution in [0.2, 0.25) is 0 Å². The zero-order chi connectivity index (χ0) is 15.2. The minimum atomic E-state index is -0.334. The molecule has 21 heavy (non-hydrogen) atoms. The molecule has 2 aromatic rings. The van der Waals surface area contributed by atoms with Gasteiger partial charge in [0.1, 0.15) is 18.1 Å². The van der Waals surface area contributed by atoms with Gasteiger partial charge in [-0.3, -0.25) is 10.2 Å². The van der Waals surface area contributed by atoms with Crippen LogP contribution in [-0.4, -0.2) is 13.0 Å². The summed E-state index contributed by atoms with van der Waals surface area (Å²) in [6.45, 7) is 0.292. The predicted molar refractivity (Wildman–Crippen MR) is 78.0 cm³/mol. The number of hydrazine groups is 1. The lowest BCUT2D eigenvalue weighted by molar-refractivity contribution is 0.0957. The molecule has 0 unspecified atom stereocenters. The molecule has 0 saturated carbocycles. The molecule has 0 spiro atoms. The Morgan fingerprint density at radius 2 is 2.14 bits per heavy atom. The number of nitrogens with two attached hydrogens (primary N) is 1. The lowest BCUT2D eigenvalue weighted by atomic mass is 10.2. The number of carbonyl (C=O) groups is 1. The van der Waals surface area contributed by atoms with Crippen molar-refractivity contribution in [3.8, 4) is 17.6 Å². The Labute approximate surface area is 125 Å². The van der Waals surface area contributed by atoms with E-state index in [4.69, 9.17) is 20.6 Å². The zero-order valence-corrected chi connectivity index (χ0v) is 12.1. The molecule has 0 atom stereocenters. The standard InChI is InChI=1S/C14H13N3O3S/c1-19-10-4-9(7-15)5-11(6-10)20-8-12-2-3-13(21-12)14(18)17-16/h2-6H,8,16H2,1H3,(H,17,18). The Hall–Kier alpha value is -2.56. The zero-order valence-electron chi connectivity index (χ0n) is 11.3. The van der Waals surface area contributed by atoms with Crippen molar-refractivity contribution in [3.05, 3.63) is 45.6 Å². The van der Waals surface area contributed by atoms with Gasteiger partial charge in [-0.1, -0.05) is 0 Å². The van der Waals surface area contributed by atoms with Crippen molar-refractivity contribution in [2.75, 3.05) is 7.11 Å². The number of thiophene rings is 1. The van der Waals surface area contributed by atoms with Gasteiger partial charge in [-0.25, -0.2) is 5.84 Å². The number of nitriles is 1. The normalized spacial score (nSPS) is 9.76. The molecule has 0 aliphatic heterocycles. The van der Waals surface area contributed by atoms with E-state index in [-0.39, 0.29) is 5.91 Å². The second kappa shape index (κ2) is 6.74. The molecule has 0 bridgehead atoms. The van der Waals surface area contributed by atoms with E-state index in [9.17, 15) is 4.79 Å². The molecule has 6 nitrogen and oxygen atoms in total. The SMILES string of the molecule is COc1cc(C#N)cc(OCc2ccc(C(=O)NN)s2)c1. The summed E-state index contributed by atoms with van der Waals surface area (Å²) in [6, 6.07) is 10.5. The molecule has 0 fully saturated rings. The number of nitrogens with one attached hydrogen (secondary N) is 1. The van der Waals surface area contributed by atoms with E-state index >= 15 is 0 Å². The second-order valence-electron chi connectivity index (χ2n) is 4.04. The van der Waals surface area contributed by atoms with Crippen LogP contribution >= 0.6 is 11.3 Å². The third kappa shape index (κ3) is 3.72. The maximum Gasteiger partial charge on any atom is 0.275 e. The second-order valence-corrected chi connectivity index (χ2v) is 5.21. The first-order valence-electron chi connectivity index (χ1n) is 5.98. The van der Waals surface area contributed by atoms with Crippen molar-refractivity contribution in [1.29, 1.82) is 5.26 Å². The molecule has 1 aromatic carbocycles. The number of hydrogen-bond donors (Lipinski definition) is 2. The van der Waals surface area contributed by atoms with Gasteiger partial charge in [0.05, 0.1) is 23.6 Å². The Bertz CT molecular complexity index is 691. The lowest BCUT2D eigenvalue weighted by Gasteiger charge is -2.07. The third-order valence-electron chi connectivity index (χ3n) is 2.64. The van der Waals surface area contributed by atoms with Crippen molar-refractivity contribution >= 4 is 17.2 Å². The number of benzene rings is 1. The van der Waals surface area contributed by atoms with Crippen LogP contribution in [-0.2, 0) is 6.61 Å². The van der Waals surface area contributed by atoms with E-state index < -0.39 is 0 Å². The van der Waals surface area contributed by atoms with Crippen molar-refractivity contribution in [3.63, 3.8) is 0 Å². The third-order valence-corrected chi connectivity index (χ3v) is 3.70. The average Bonchev–Trinajstić information content (AvgIpc) is 3.00. The quantitative estimate of drug-likeness (QED) is 0.499. The molecular formula is C14H13N3O3S. The fraction of sp³-hybridized carbons (Fsp3) is 0.143. The van der Waals surface area contributed by atoms with E-state index in [1.807, 2.05) is 6.07 Å². The molecule has 2 rings (SSSR count). The summed E-state index contributed by atoms with van der Waals surface area (Å²) in [4.78, 5) is 12.7. The van der Waals surface area contributed by atoms with Gasteiger partial charge in [-0.2, -0.15) is 5.26 Å². The monoisotopic (exact) mass is 303 g/mol.